The third-order valence-electron chi connectivity index (χ3n) is 14.2. The van der Waals surface area contributed by atoms with E-state index in [0.29, 0.717) is 45.3 Å². The van der Waals surface area contributed by atoms with Gasteiger partial charge >= 0.3 is 0 Å². The van der Waals surface area contributed by atoms with Crippen LogP contribution in [0.25, 0.3) is 123 Å². The molecule has 0 radical (unpaired) electrons. The van der Waals surface area contributed by atoms with Crippen LogP contribution in [0, 0.1) is 56.7 Å². The van der Waals surface area contributed by atoms with Crippen LogP contribution < -0.4 is 0 Å². The zero-order valence-corrected chi connectivity index (χ0v) is 41.3. The first kappa shape index (κ1) is 46.1. The highest BCUT2D eigenvalue weighted by Gasteiger charge is 2.24. The Morgan fingerprint density at radius 2 is 0.628 bits per heavy atom. The molecule has 3 aromatic heterocycles. The zero-order chi connectivity index (χ0) is 52.9. The fourth-order valence-corrected chi connectivity index (χ4v) is 10.7. The summed E-state index contributed by atoms with van der Waals surface area (Å²) in [5.41, 5.74) is 14.5. The number of rotatable bonds is 8. The van der Waals surface area contributed by atoms with Crippen LogP contribution in [-0.2, 0) is 0 Å². The van der Waals surface area contributed by atoms with Crippen LogP contribution in [0.15, 0.2) is 218 Å². The smallest absolute Gasteiger partial charge is 0.164 e. The minimum absolute atomic E-state index is 0.403. The average molecular weight is 993 g/mol. The molecular weight excluding hydrogens is 957 g/mol. The number of aromatic nitrogens is 5. The number of hydrogen-bond donors (Lipinski definition) is 0. The molecule has 10 heteroatoms. The zero-order valence-electron chi connectivity index (χ0n) is 41.3. The first-order chi connectivity index (χ1) is 38.4. The normalized spacial score (nSPS) is 11.0. The van der Waals surface area contributed by atoms with Crippen molar-refractivity contribution < 1.29 is 0 Å². The van der Waals surface area contributed by atoms with E-state index in [1.54, 1.807) is 24.3 Å². The van der Waals surface area contributed by atoms with Gasteiger partial charge in [0, 0.05) is 49.4 Å². The fraction of sp³-hybridized carbons (Fsp3) is 0. The summed E-state index contributed by atoms with van der Waals surface area (Å²) in [6.45, 7) is 0. The van der Waals surface area contributed by atoms with Gasteiger partial charge in [0.1, 0.15) is 0 Å². The number of fused-ring (bicyclic) bond motifs is 6. The van der Waals surface area contributed by atoms with E-state index in [2.05, 4.69) is 100 Å². The molecule has 0 saturated carbocycles. The molecule has 0 spiro atoms. The van der Waals surface area contributed by atoms with Crippen molar-refractivity contribution in [3.05, 3.63) is 246 Å². The molecule has 78 heavy (non-hydrogen) atoms. The Morgan fingerprint density at radius 3 is 1.08 bits per heavy atom. The maximum absolute atomic E-state index is 10.8. The van der Waals surface area contributed by atoms with E-state index < -0.39 is 0 Å². The molecule has 10 aromatic carbocycles. The standard InChI is InChI=1S/C68H36N10/c69-37-42-19-23-62(77-60-17-9-7-15-54(60)57-34-49(20-24-63(57)77)52-29-43(38-70)27-44(30-52)39-71)56(33-42)59-36-51(68-75-66(47-11-3-1-4-12-47)74-67(76-68)48-13-5-2-6-14-48)22-26-65(59)78-61-18-10-8-16-55(61)58-35-50(21-25-64(58)78)53-31-45(40-72)28-46(32-53)41-73/h1-36H. The Hall–Kier alpha value is -11.7. The fourth-order valence-electron chi connectivity index (χ4n) is 10.7. The van der Waals surface area contributed by atoms with Gasteiger partial charge in [0.05, 0.1) is 91.6 Å². The van der Waals surface area contributed by atoms with E-state index in [4.69, 9.17) is 15.0 Å². The highest BCUT2D eigenvalue weighted by molar-refractivity contribution is 6.13. The van der Waals surface area contributed by atoms with Crippen molar-refractivity contribution in [3.8, 4) is 109 Å². The van der Waals surface area contributed by atoms with Crippen molar-refractivity contribution in [2.24, 2.45) is 0 Å². The van der Waals surface area contributed by atoms with Crippen LogP contribution in [0.1, 0.15) is 27.8 Å². The summed E-state index contributed by atoms with van der Waals surface area (Å²) in [5, 5.41) is 54.2. The number of hydrogen-bond acceptors (Lipinski definition) is 8. The molecule has 0 aliphatic carbocycles. The van der Waals surface area contributed by atoms with Crippen LogP contribution in [0.2, 0.25) is 0 Å². The highest BCUT2D eigenvalue weighted by atomic mass is 15.0. The molecular formula is C68H36N10. The largest absolute Gasteiger partial charge is 0.309 e. The minimum Gasteiger partial charge on any atom is -0.309 e. The van der Waals surface area contributed by atoms with Gasteiger partial charge in [-0.05, 0) is 131 Å². The molecule has 0 saturated heterocycles. The van der Waals surface area contributed by atoms with Crippen molar-refractivity contribution in [3.63, 3.8) is 0 Å². The predicted molar refractivity (Wildman–Crippen MR) is 305 cm³/mol. The number of para-hydroxylation sites is 2. The lowest BCUT2D eigenvalue weighted by molar-refractivity contribution is 1.07. The van der Waals surface area contributed by atoms with Crippen molar-refractivity contribution in [2.75, 3.05) is 0 Å². The number of nitriles is 5. The maximum atomic E-state index is 10.8. The van der Waals surface area contributed by atoms with Crippen molar-refractivity contribution in [2.45, 2.75) is 0 Å². The van der Waals surface area contributed by atoms with Gasteiger partial charge in [0.2, 0.25) is 0 Å². The minimum atomic E-state index is 0.403. The molecule has 13 rings (SSSR count). The molecule has 13 aromatic rings. The molecule has 3 heterocycles. The quantitative estimate of drug-likeness (QED) is 0.145. The van der Waals surface area contributed by atoms with Gasteiger partial charge in [-0.25, -0.2) is 15.0 Å². The molecule has 0 aliphatic rings. The molecule has 0 unspecified atom stereocenters. The van der Waals surface area contributed by atoms with Crippen molar-refractivity contribution >= 4 is 43.6 Å². The Morgan fingerprint density at radius 1 is 0.256 bits per heavy atom. The highest BCUT2D eigenvalue weighted by Crippen LogP contribution is 2.44. The lowest BCUT2D eigenvalue weighted by Gasteiger charge is -2.20. The summed E-state index contributed by atoms with van der Waals surface area (Å²) >= 11 is 0. The van der Waals surface area contributed by atoms with Gasteiger partial charge in [-0.2, -0.15) is 26.3 Å². The van der Waals surface area contributed by atoms with Gasteiger partial charge in [-0.15, -0.1) is 0 Å². The second-order valence-electron chi connectivity index (χ2n) is 18.8. The summed E-state index contributed by atoms with van der Waals surface area (Å²) in [6, 6.07) is 82.4. The van der Waals surface area contributed by atoms with Gasteiger partial charge < -0.3 is 9.13 Å². The van der Waals surface area contributed by atoms with Crippen molar-refractivity contribution in [1.29, 1.82) is 26.3 Å². The molecule has 10 nitrogen and oxygen atoms in total. The average Bonchev–Trinajstić information content (AvgIpc) is 4.11. The second-order valence-corrected chi connectivity index (χ2v) is 18.8. The van der Waals surface area contributed by atoms with Crippen LogP contribution in [0.4, 0.5) is 0 Å². The van der Waals surface area contributed by atoms with E-state index in [1.165, 1.54) is 0 Å². The molecule has 0 fully saturated rings. The van der Waals surface area contributed by atoms with Gasteiger partial charge in [0.25, 0.3) is 0 Å². The predicted octanol–water partition coefficient (Wildman–Crippen LogP) is 15.4. The third-order valence-corrected chi connectivity index (χ3v) is 14.2. The lowest BCUT2D eigenvalue weighted by atomic mass is 9.96. The summed E-state index contributed by atoms with van der Waals surface area (Å²) in [4.78, 5) is 15.3. The van der Waals surface area contributed by atoms with Crippen LogP contribution >= 0.6 is 0 Å². The maximum Gasteiger partial charge on any atom is 0.164 e. The van der Waals surface area contributed by atoms with E-state index in [0.717, 1.165) is 105 Å². The van der Waals surface area contributed by atoms with E-state index in [9.17, 15) is 26.3 Å². The lowest BCUT2D eigenvalue weighted by Crippen LogP contribution is -2.04. The van der Waals surface area contributed by atoms with Crippen LogP contribution in [0.5, 0.6) is 0 Å². The van der Waals surface area contributed by atoms with Gasteiger partial charge in [0.15, 0.2) is 17.5 Å². The summed E-state index contributed by atoms with van der Waals surface area (Å²) in [7, 11) is 0. The van der Waals surface area contributed by atoms with E-state index >= 15 is 0 Å². The molecule has 358 valence electrons. The first-order valence-corrected chi connectivity index (χ1v) is 24.9. The molecule has 0 atom stereocenters. The van der Waals surface area contributed by atoms with Crippen molar-refractivity contribution in [1.82, 2.24) is 24.1 Å². The Bertz CT molecular complexity index is 4740. The van der Waals surface area contributed by atoms with Gasteiger partial charge in [-0.1, -0.05) is 109 Å². The molecule has 0 bridgehead atoms. The summed E-state index contributed by atoms with van der Waals surface area (Å²) in [6.07, 6.45) is 0. The monoisotopic (exact) mass is 992 g/mol. The van der Waals surface area contributed by atoms with Crippen LogP contribution in [-0.4, -0.2) is 24.1 Å². The third kappa shape index (κ3) is 7.91. The van der Waals surface area contributed by atoms with E-state index in [-0.39, 0.29) is 0 Å². The summed E-state index contributed by atoms with van der Waals surface area (Å²) < 4.78 is 4.49. The molecule has 0 amide bonds. The summed E-state index contributed by atoms with van der Waals surface area (Å²) in [5.74, 6) is 1.50. The molecule has 0 N–H and O–H groups in total. The Kier molecular flexibility index (Phi) is 11.2. The van der Waals surface area contributed by atoms with E-state index in [1.807, 2.05) is 133 Å². The van der Waals surface area contributed by atoms with Gasteiger partial charge in [-0.3, -0.25) is 0 Å². The number of nitrogens with zero attached hydrogens (tertiary/aromatic N) is 10. The number of benzene rings is 10. The Labute approximate surface area is 447 Å². The topological polar surface area (TPSA) is 167 Å². The Balaban J connectivity index is 1.10. The first-order valence-electron chi connectivity index (χ1n) is 24.9. The second kappa shape index (κ2) is 18.9. The molecule has 0 aliphatic heterocycles. The SMILES string of the molecule is N#Cc1cc(C#N)cc(-c2ccc3c(c2)c2ccccc2n3-c2ccc(C#N)cc2-c2cc(-c3nc(-c4ccccc4)nc(-c4ccccc4)n3)ccc2-n2c3ccccc3c3cc(-c4cc(C#N)cc(C#N)c4)ccc32)c1. The van der Waals surface area contributed by atoms with Crippen LogP contribution in [0.3, 0.4) is 0 Å².